The summed E-state index contributed by atoms with van der Waals surface area (Å²) in [7, 11) is 0. The second kappa shape index (κ2) is 3.45. The predicted molar refractivity (Wildman–Crippen MR) is 62.8 cm³/mol. The third-order valence-electron chi connectivity index (χ3n) is 1.93. The van der Waals surface area contributed by atoms with Gasteiger partial charge in [-0.2, -0.15) is 0 Å². The number of halogens is 1. The van der Waals surface area contributed by atoms with Gasteiger partial charge in [0.25, 0.3) is 11.1 Å². The third-order valence-corrected chi connectivity index (χ3v) is 2.51. The fourth-order valence-corrected chi connectivity index (χ4v) is 1.76. The number of benzene rings is 1. The van der Waals surface area contributed by atoms with Crippen molar-refractivity contribution in [2.45, 2.75) is 0 Å². The molecule has 2 rings (SSSR count). The molecule has 0 bridgehead atoms. The topological polar surface area (TPSA) is 77.8 Å². The molecule has 0 atom stereocenters. The normalized spacial score (nSPS) is 10.4. The van der Waals surface area contributed by atoms with E-state index in [-0.39, 0.29) is 11.1 Å². The Kier molecular flexibility index (Phi) is 2.28. The van der Waals surface area contributed by atoms with Gasteiger partial charge in [-0.15, -0.1) is 0 Å². The number of fused-ring (bicyclic) bond motifs is 1. The van der Waals surface area contributed by atoms with Gasteiger partial charge in [0.2, 0.25) is 0 Å². The number of aromatic amines is 2. The van der Waals surface area contributed by atoms with Crippen molar-refractivity contribution in [1.29, 1.82) is 0 Å². The van der Waals surface area contributed by atoms with Gasteiger partial charge in [0.05, 0.1) is 39.3 Å². The van der Waals surface area contributed by atoms with E-state index in [1.807, 2.05) is 22.9 Å². The maximum atomic E-state index is 11.4. The van der Waals surface area contributed by atoms with E-state index in [9.17, 15) is 9.59 Å². The van der Waals surface area contributed by atoms with E-state index in [1.165, 1.54) is 0 Å². The Morgan fingerprint density at radius 2 is 1.86 bits per heavy atom. The van der Waals surface area contributed by atoms with E-state index >= 15 is 0 Å². The largest absolute Gasteiger partial charge is 0.328 e. The van der Waals surface area contributed by atoms with Gasteiger partial charge in [0, 0.05) is 0 Å². The first kappa shape index (κ1) is 9.25. The van der Waals surface area contributed by atoms with Gasteiger partial charge in [0.15, 0.2) is 0 Å². The first-order chi connectivity index (χ1) is 6.74. The second-order valence-electron chi connectivity index (χ2n) is 2.73. The monoisotopic (exact) mass is 303 g/mol. The van der Waals surface area contributed by atoms with Gasteiger partial charge >= 0.3 is 0 Å². The molecule has 0 aliphatic carbocycles. The van der Waals surface area contributed by atoms with Crippen molar-refractivity contribution in [3.8, 4) is 0 Å². The Bertz CT molecular complexity index is 587. The van der Waals surface area contributed by atoms with E-state index in [0.717, 1.165) is 0 Å². The van der Waals surface area contributed by atoms with Gasteiger partial charge < -0.3 is 3.53 Å². The van der Waals surface area contributed by atoms with Crippen LogP contribution in [-0.2, 0) is 0 Å². The van der Waals surface area contributed by atoms with Crippen molar-refractivity contribution >= 4 is 39.3 Å². The highest BCUT2D eigenvalue weighted by Crippen LogP contribution is 2.17. The molecule has 0 aliphatic rings. The lowest BCUT2D eigenvalue weighted by molar-refractivity contribution is 0.977. The molecule has 0 amide bonds. The minimum Gasteiger partial charge on any atom is -0.328 e. The Morgan fingerprint density at radius 3 is 2.57 bits per heavy atom. The van der Waals surface area contributed by atoms with E-state index in [2.05, 4.69) is 13.7 Å². The first-order valence-electron chi connectivity index (χ1n) is 3.84. The minimum atomic E-state index is -0.306. The van der Waals surface area contributed by atoms with Crippen LogP contribution in [0.2, 0.25) is 0 Å². The molecule has 1 aromatic carbocycles. The standard InChI is InChI=1S/C8H6IN3O2/c9-10-5-3-1-2-4-6(5)8(14)12-11-7(4)13/h1-3,10H,(H,11,13)(H,12,14). The molecule has 0 fully saturated rings. The van der Waals surface area contributed by atoms with Crippen LogP contribution in [0.25, 0.3) is 10.8 Å². The lowest BCUT2D eigenvalue weighted by atomic mass is 10.2. The average Bonchev–Trinajstić information content (AvgIpc) is 2.23. The van der Waals surface area contributed by atoms with Crippen molar-refractivity contribution in [1.82, 2.24) is 10.2 Å². The summed E-state index contributed by atoms with van der Waals surface area (Å²) in [5.74, 6) is 0. The summed E-state index contributed by atoms with van der Waals surface area (Å²) >= 11 is 1.91. The molecule has 0 radical (unpaired) electrons. The van der Waals surface area contributed by atoms with Gasteiger partial charge in [0.1, 0.15) is 0 Å². The molecule has 0 saturated heterocycles. The van der Waals surface area contributed by atoms with Crippen LogP contribution < -0.4 is 14.6 Å². The average molecular weight is 303 g/mol. The smallest absolute Gasteiger partial charge is 0.272 e. The van der Waals surface area contributed by atoms with Crippen LogP contribution in [0.4, 0.5) is 5.69 Å². The number of nitrogens with one attached hydrogen (secondary N) is 3. The molecule has 0 aliphatic heterocycles. The fraction of sp³-hybridized carbons (Fsp3) is 0. The number of aromatic nitrogens is 2. The van der Waals surface area contributed by atoms with Gasteiger partial charge in [-0.25, -0.2) is 0 Å². The zero-order valence-corrected chi connectivity index (χ0v) is 9.08. The lowest BCUT2D eigenvalue weighted by Gasteiger charge is -2.01. The summed E-state index contributed by atoms with van der Waals surface area (Å²) in [5, 5.41) is 5.32. The maximum absolute atomic E-state index is 11.4. The number of hydrogen-bond donors (Lipinski definition) is 3. The van der Waals surface area contributed by atoms with Gasteiger partial charge in [-0.1, -0.05) is 6.07 Å². The summed E-state index contributed by atoms with van der Waals surface area (Å²) in [6, 6.07) is 5.07. The Labute approximate surface area is 92.0 Å². The highest BCUT2D eigenvalue weighted by molar-refractivity contribution is 14.1. The predicted octanol–water partition coefficient (Wildman–Crippen LogP) is 0.978. The van der Waals surface area contributed by atoms with Crippen LogP contribution in [0.5, 0.6) is 0 Å². The highest BCUT2D eigenvalue weighted by atomic mass is 127. The molecule has 0 saturated carbocycles. The van der Waals surface area contributed by atoms with Crippen LogP contribution in [0, 0.1) is 0 Å². The van der Waals surface area contributed by atoms with Crippen molar-refractivity contribution in [3.05, 3.63) is 38.9 Å². The summed E-state index contributed by atoms with van der Waals surface area (Å²) in [6.45, 7) is 0. The number of hydrogen-bond acceptors (Lipinski definition) is 3. The van der Waals surface area contributed by atoms with E-state index < -0.39 is 0 Å². The molecule has 2 aromatic rings. The van der Waals surface area contributed by atoms with Gasteiger partial charge in [-0.05, 0) is 12.1 Å². The fourth-order valence-electron chi connectivity index (χ4n) is 1.31. The molecule has 14 heavy (non-hydrogen) atoms. The van der Waals surface area contributed by atoms with Crippen molar-refractivity contribution in [2.75, 3.05) is 3.53 Å². The summed E-state index contributed by atoms with van der Waals surface area (Å²) in [5.41, 5.74) is 0.0305. The van der Waals surface area contributed by atoms with Crippen LogP contribution in [-0.4, -0.2) is 10.2 Å². The van der Waals surface area contributed by atoms with Crippen LogP contribution >= 0.6 is 22.9 Å². The molecule has 6 heteroatoms. The van der Waals surface area contributed by atoms with E-state index in [4.69, 9.17) is 0 Å². The molecule has 1 heterocycles. The quantitative estimate of drug-likeness (QED) is 0.543. The first-order valence-corrected chi connectivity index (χ1v) is 4.92. The minimum absolute atomic E-state index is 0.298. The Hall–Kier alpha value is -1.31. The maximum Gasteiger partial charge on any atom is 0.272 e. The number of anilines is 1. The number of rotatable bonds is 1. The van der Waals surface area contributed by atoms with Crippen LogP contribution in [0.1, 0.15) is 0 Å². The van der Waals surface area contributed by atoms with Crippen molar-refractivity contribution < 1.29 is 0 Å². The van der Waals surface area contributed by atoms with Crippen LogP contribution in [0.3, 0.4) is 0 Å². The molecular weight excluding hydrogens is 297 g/mol. The lowest BCUT2D eigenvalue weighted by Crippen LogP contribution is -2.19. The van der Waals surface area contributed by atoms with Crippen molar-refractivity contribution in [2.24, 2.45) is 0 Å². The van der Waals surface area contributed by atoms with Crippen molar-refractivity contribution in [3.63, 3.8) is 0 Å². The molecule has 72 valence electrons. The summed E-state index contributed by atoms with van der Waals surface area (Å²) in [4.78, 5) is 22.8. The second-order valence-corrected chi connectivity index (χ2v) is 3.27. The zero-order chi connectivity index (χ0) is 10.1. The zero-order valence-electron chi connectivity index (χ0n) is 6.93. The molecule has 0 unspecified atom stereocenters. The molecule has 5 nitrogen and oxygen atoms in total. The van der Waals surface area contributed by atoms with E-state index in [0.29, 0.717) is 16.5 Å². The Morgan fingerprint density at radius 1 is 1.14 bits per heavy atom. The highest BCUT2D eigenvalue weighted by Gasteiger charge is 2.06. The Balaban J connectivity index is 3.07. The molecule has 3 N–H and O–H groups in total. The summed E-state index contributed by atoms with van der Waals surface area (Å²) in [6.07, 6.45) is 0. The third kappa shape index (κ3) is 1.31. The summed E-state index contributed by atoms with van der Waals surface area (Å²) < 4.78 is 2.84. The SMILES string of the molecule is O=c1[nH][nH]c(=O)c2c(NI)cccc12. The van der Waals surface area contributed by atoms with Gasteiger partial charge in [-0.3, -0.25) is 19.8 Å². The molecular formula is C8H6IN3O2. The molecule has 1 aromatic heterocycles. The van der Waals surface area contributed by atoms with E-state index in [1.54, 1.807) is 18.2 Å². The number of H-pyrrole nitrogens is 2. The van der Waals surface area contributed by atoms with Crippen LogP contribution in [0.15, 0.2) is 27.8 Å². The molecule has 0 spiro atoms.